The molecule has 0 radical (unpaired) electrons. The smallest absolute Gasteiger partial charge is 0.131 e. The molecule has 1 aliphatic rings. The minimum absolute atomic E-state index is 0.163. The van der Waals surface area contributed by atoms with Gasteiger partial charge in [-0.2, -0.15) is 0 Å². The van der Waals surface area contributed by atoms with E-state index in [2.05, 4.69) is 65.8 Å². The van der Waals surface area contributed by atoms with Gasteiger partial charge < -0.3 is 9.72 Å². The fourth-order valence-corrected chi connectivity index (χ4v) is 3.59. The highest BCUT2D eigenvalue weighted by molar-refractivity contribution is 5.85. The molecule has 0 amide bonds. The molecule has 0 saturated heterocycles. The molecule has 25 heavy (non-hydrogen) atoms. The lowest BCUT2D eigenvalue weighted by atomic mass is 9.87. The molecule has 1 N–H and O–H groups in total. The van der Waals surface area contributed by atoms with Crippen LogP contribution in [0.15, 0.2) is 91.1 Å². The van der Waals surface area contributed by atoms with Gasteiger partial charge in [0, 0.05) is 34.1 Å². The van der Waals surface area contributed by atoms with Crippen LogP contribution in [0.5, 0.6) is 5.75 Å². The molecule has 1 aliphatic heterocycles. The Morgan fingerprint density at radius 1 is 0.720 bits per heavy atom. The maximum Gasteiger partial charge on any atom is 0.131 e. The zero-order chi connectivity index (χ0) is 16.6. The van der Waals surface area contributed by atoms with Crippen molar-refractivity contribution in [3.05, 3.63) is 108 Å². The number of ether oxygens (including phenoxy) is 1. The van der Waals surface area contributed by atoms with Crippen molar-refractivity contribution in [2.45, 2.75) is 5.92 Å². The minimum atomic E-state index is 0.163. The number of fused-ring (bicyclic) bond motifs is 2. The second-order valence-corrected chi connectivity index (χ2v) is 6.30. The van der Waals surface area contributed by atoms with Crippen LogP contribution in [0.4, 0.5) is 0 Å². The molecule has 1 atom stereocenters. The number of nitrogens with one attached hydrogen (secondary N) is 1. The van der Waals surface area contributed by atoms with E-state index in [1.54, 1.807) is 0 Å². The van der Waals surface area contributed by atoms with E-state index in [4.69, 9.17) is 4.74 Å². The predicted molar refractivity (Wildman–Crippen MR) is 102 cm³/mol. The van der Waals surface area contributed by atoms with Crippen LogP contribution in [0.2, 0.25) is 0 Å². The van der Waals surface area contributed by atoms with Gasteiger partial charge in [0.1, 0.15) is 11.5 Å². The van der Waals surface area contributed by atoms with Crippen LogP contribution in [-0.4, -0.2) is 4.98 Å². The van der Waals surface area contributed by atoms with Crippen molar-refractivity contribution in [3.63, 3.8) is 0 Å². The van der Waals surface area contributed by atoms with Crippen LogP contribution < -0.4 is 4.74 Å². The van der Waals surface area contributed by atoms with Gasteiger partial charge in [0.2, 0.25) is 0 Å². The highest BCUT2D eigenvalue weighted by Crippen LogP contribution is 2.42. The molecule has 1 aromatic heterocycles. The number of para-hydroxylation sites is 2. The van der Waals surface area contributed by atoms with Crippen molar-refractivity contribution in [1.29, 1.82) is 0 Å². The Morgan fingerprint density at radius 3 is 2.40 bits per heavy atom. The quantitative estimate of drug-likeness (QED) is 0.500. The van der Waals surface area contributed by atoms with Gasteiger partial charge in [-0.15, -0.1) is 0 Å². The third-order valence-corrected chi connectivity index (χ3v) is 4.81. The van der Waals surface area contributed by atoms with E-state index in [0.717, 1.165) is 22.6 Å². The zero-order valence-electron chi connectivity index (χ0n) is 13.6. The SMILES string of the molecule is C1=C(c2ccccc2)Oc2ccccc2C1c1c[nH]c2ccccc12. The van der Waals surface area contributed by atoms with Gasteiger partial charge >= 0.3 is 0 Å². The lowest BCUT2D eigenvalue weighted by Crippen LogP contribution is -2.09. The molecule has 2 heterocycles. The number of hydrogen-bond donors (Lipinski definition) is 1. The monoisotopic (exact) mass is 323 g/mol. The lowest BCUT2D eigenvalue weighted by Gasteiger charge is -2.25. The molecule has 3 aromatic carbocycles. The molecular weight excluding hydrogens is 306 g/mol. The average Bonchev–Trinajstić information content (AvgIpc) is 3.12. The van der Waals surface area contributed by atoms with Crippen molar-refractivity contribution in [1.82, 2.24) is 4.98 Å². The fourth-order valence-electron chi connectivity index (χ4n) is 3.59. The van der Waals surface area contributed by atoms with Gasteiger partial charge in [0.25, 0.3) is 0 Å². The summed E-state index contributed by atoms with van der Waals surface area (Å²) in [5.74, 6) is 2.00. The number of aromatic amines is 1. The maximum absolute atomic E-state index is 6.21. The van der Waals surface area contributed by atoms with Crippen LogP contribution in [0.1, 0.15) is 22.6 Å². The van der Waals surface area contributed by atoms with Crippen LogP contribution in [-0.2, 0) is 0 Å². The van der Waals surface area contributed by atoms with E-state index in [-0.39, 0.29) is 5.92 Å². The summed E-state index contributed by atoms with van der Waals surface area (Å²) < 4.78 is 6.21. The Kier molecular flexibility index (Phi) is 3.20. The van der Waals surface area contributed by atoms with Gasteiger partial charge in [-0.3, -0.25) is 0 Å². The first-order valence-corrected chi connectivity index (χ1v) is 8.50. The van der Waals surface area contributed by atoms with E-state index >= 15 is 0 Å². The van der Waals surface area contributed by atoms with E-state index in [0.29, 0.717) is 0 Å². The van der Waals surface area contributed by atoms with Gasteiger partial charge in [0.15, 0.2) is 0 Å². The zero-order valence-corrected chi connectivity index (χ0v) is 13.6. The van der Waals surface area contributed by atoms with E-state index in [1.165, 1.54) is 16.5 Å². The average molecular weight is 323 g/mol. The molecule has 0 fully saturated rings. The van der Waals surface area contributed by atoms with Crippen LogP contribution in [0.3, 0.4) is 0 Å². The van der Waals surface area contributed by atoms with Gasteiger partial charge in [-0.25, -0.2) is 0 Å². The topological polar surface area (TPSA) is 25.0 Å². The highest BCUT2D eigenvalue weighted by Gasteiger charge is 2.25. The van der Waals surface area contributed by atoms with E-state index in [1.807, 2.05) is 30.3 Å². The largest absolute Gasteiger partial charge is 0.457 e. The summed E-state index contributed by atoms with van der Waals surface area (Å²) in [6, 6.07) is 27.0. The summed E-state index contributed by atoms with van der Waals surface area (Å²) in [4.78, 5) is 3.40. The molecule has 4 aromatic rings. The Balaban J connectivity index is 1.72. The Bertz CT molecular complexity index is 1080. The summed E-state index contributed by atoms with van der Waals surface area (Å²) in [6.07, 6.45) is 4.35. The number of allylic oxidation sites excluding steroid dienone is 1. The molecule has 0 spiro atoms. The summed E-state index contributed by atoms with van der Waals surface area (Å²) >= 11 is 0. The lowest BCUT2D eigenvalue weighted by molar-refractivity contribution is 0.493. The fraction of sp³-hybridized carbons (Fsp3) is 0.0435. The first-order valence-electron chi connectivity index (χ1n) is 8.50. The first-order chi connectivity index (χ1) is 12.4. The molecule has 0 aliphatic carbocycles. The second kappa shape index (κ2) is 5.67. The Hall–Kier alpha value is -3.26. The van der Waals surface area contributed by atoms with Crippen molar-refractivity contribution in [3.8, 4) is 5.75 Å². The van der Waals surface area contributed by atoms with Crippen LogP contribution >= 0.6 is 0 Å². The van der Waals surface area contributed by atoms with Gasteiger partial charge in [-0.05, 0) is 23.8 Å². The molecule has 2 nitrogen and oxygen atoms in total. The molecule has 5 rings (SSSR count). The van der Waals surface area contributed by atoms with Crippen LogP contribution in [0.25, 0.3) is 16.7 Å². The molecule has 1 unspecified atom stereocenters. The van der Waals surface area contributed by atoms with Crippen molar-refractivity contribution < 1.29 is 4.74 Å². The summed E-state index contributed by atoms with van der Waals surface area (Å²) in [6.45, 7) is 0. The first kappa shape index (κ1) is 14.1. The normalized spacial score (nSPS) is 16.2. The summed E-state index contributed by atoms with van der Waals surface area (Å²) in [5, 5.41) is 1.26. The van der Waals surface area contributed by atoms with E-state index < -0.39 is 0 Å². The molecule has 120 valence electrons. The number of benzene rings is 3. The van der Waals surface area contributed by atoms with Gasteiger partial charge in [0.05, 0.1) is 0 Å². The highest BCUT2D eigenvalue weighted by atomic mass is 16.5. The summed E-state index contributed by atoms with van der Waals surface area (Å²) in [5.41, 5.74) is 4.74. The Labute approximate surface area is 146 Å². The summed E-state index contributed by atoms with van der Waals surface area (Å²) in [7, 11) is 0. The second-order valence-electron chi connectivity index (χ2n) is 6.30. The molecule has 2 heteroatoms. The van der Waals surface area contributed by atoms with Crippen molar-refractivity contribution >= 4 is 16.7 Å². The number of rotatable bonds is 2. The molecule has 0 bridgehead atoms. The van der Waals surface area contributed by atoms with E-state index in [9.17, 15) is 0 Å². The molecule has 0 saturated carbocycles. The minimum Gasteiger partial charge on any atom is -0.457 e. The van der Waals surface area contributed by atoms with Gasteiger partial charge in [-0.1, -0.05) is 66.7 Å². The van der Waals surface area contributed by atoms with Crippen molar-refractivity contribution in [2.75, 3.05) is 0 Å². The maximum atomic E-state index is 6.21. The number of aromatic nitrogens is 1. The van der Waals surface area contributed by atoms with Crippen molar-refractivity contribution in [2.24, 2.45) is 0 Å². The predicted octanol–water partition coefficient (Wildman–Crippen LogP) is 5.73. The number of H-pyrrole nitrogens is 1. The third kappa shape index (κ3) is 2.34. The Morgan fingerprint density at radius 2 is 1.48 bits per heavy atom. The third-order valence-electron chi connectivity index (χ3n) is 4.81. The van der Waals surface area contributed by atoms with Crippen LogP contribution in [0, 0.1) is 0 Å². The molecular formula is C23H17NO. The number of hydrogen-bond acceptors (Lipinski definition) is 1. The standard InChI is InChI=1S/C23H17NO/c1-2-8-16(9-3-1)23-14-19(18-11-5-7-13-22(18)25-23)20-15-24-21-12-6-4-10-17(20)21/h1-15,19,24H.